The van der Waals surface area contributed by atoms with Crippen LogP contribution in [0.15, 0.2) is 42.6 Å². The van der Waals surface area contributed by atoms with Crippen LogP contribution in [0.25, 0.3) is 0 Å². The molecule has 3 rings (SSSR count). The average molecular weight is 391 g/mol. The number of nitrogens with one attached hydrogen (secondary N) is 1. The lowest BCUT2D eigenvalue weighted by atomic mass is 10.1. The molecule has 1 N–H and O–H groups in total. The molecule has 8 heteroatoms. The van der Waals surface area contributed by atoms with Crippen molar-refractivity contribution in [3.05, 3.63) is 59.4 Å². The van der Waals surface area contributed by atoms with E-state index in [0.717, 1.165) is 37.8 Å². The molecular formula is C20H20F3N3O2. The van der Waals surface area contributed by atoms with Gasteiger partial charge < -0.3 is 10.2 Å². The predicted molar refractivity (Wildman–Crippen MR) is 98.0 cm³/mol. The molecule has 1 aliphatic heterocycles. The Morgan fingerprint density at radius 3 is 2.21 bits per heavy atom. The molecule has 1 saturated heterocycles. The van der Waals surface area contributed by atoms with Gasteiger partial charge in [-0.1, -0.05) is 12.8 Å². The summed E-state index contributed by atoms with van der Waals surface area (Å²) in [4.78, 5) is 30.9. The molecule has 1 aliphatic rings. The Labute approximate surface area is 160 Å². The number of pyridine rings is 1. The van der Waals surface area contributed by atoms with Crippen molar-refractivity contribution in [1.82, 2.24) is 9.88 Å². The zero-order valence-corrected chi connectivity index (χ0v) is 15.1. The molecule has 5 nitrogen and oxygen atoms in total. The van der Waals surface area contributed by atoms with Crippen LogP contribution in [0, 0.1) is 0 Å². The zero-order chi connectivity index (χ0) is 20.1. The Morgan fingerprint density at radius 2 is 1.61 bits per heavy atom. The average Bonchev–Trinajstić information content (AvgIpc) is 2.97. The highest BCUT2D eigenvalue weighted by Gasteiger charge is 2.30. The first-order chi connectivity index (χ1) is 13.3. The van der Waals surface area contributed by atoms with E-state index in [-0.39, 0.29) is 22.9 Å². The minimum absolute atomic E-state index is 0.182. The normalized spacial score (nSPS) is 15.0. The third-order valence-electron chi connectivity index (χ3n) is 4.60. The van der Waals surface area contributed by atoms with Crippen LogP contribution in [0.1, 0.15) is 52.1 Å². The van der Waals surface area contributed by atoms with Crippen molar-refractivity contribution in [3.8, 4) is 0 Å². The number of aromatic nitrogens is 1. The predicted octanol–water partition coefficient (Wildman–Crippen LogP) is 4.37. The van der Waals surface area contributed by atoms with Gasteiger partial charge in [0.2, 0.25) is 0 Å². The number of halogens is 3. The molecule has 0 saturated carbocycles. The van der Waals surface area contributed by atoms with Crippen molar-refractivity contribution < 1.29 is 22.8 Å². The quantitative estimate of drug-likeness (QED) is 0.845. The molecule has 0 aliphatic carbocycles. The van der Waals surface area contributed by atoms with Crippen LogP contribution in [0.2, 0.25) is 0 Å². The molecule has 1 aromatic heterocycles. The van der Waals surface area contributed by atoms with Crippen molar-refractivity contribution in [2.75, 3.05) is 18.4 Å². The second-order valence-electron chi connectivity index (χ2n) is 6.67. The Hall–Kier alpha value is -2.90. The first kappa shape index (κ1) is 19.9. The second kappa shape index (κ2) is 8.41. The van der Waals surface area contributed by atoms with E-state index in [0.29, 0.717) is 13.1 Å². The van der Waals surface area contributed by atoms with Crippen molar-refractivity contribution >= 4 is 17.5 Å². The number of rotatable bonds is 3. The summed E-state index contributed by atoms with van der Waals surface area (Å²) in [7, 11) is 0. The van der Waals surface area contributed by atoms with Gasteiger partial charge in [-0.3, -0.25) is 14.6 Å². The molecular weight excluding hydrogens is 371 g/mol. The number of hydrogen-bond donors (Lipinski definition) is 1. The van der Waals surface area contributed by atoms with E-state index < -0.39 is 17.6 Å². The summed E-state index contributed by atoms with van der Waals surface area (Å²) >= 11 is 0. The number of carbonyl (C=O) groups is 2. The van der Waals surface area contributed by atoms with E-state index in [1.54, 1.807) is 4.90 Å². The fraction of sp³-hybridized carbons (Fsp3) is 0.350. The molecule has 1 aromatic carbocycles. The fourth-order valence-corrected chi connectivity index (χ4v) is 3.07. The molecule has 0 unspecified atom stereocenters. The number of nitrogens with zero attached hydrogens (tertiary/aromatic N) is 2. The van der Waals surface area contributed by atoms with Gasteiger partial charge >= 0.3 is 6.18 Å². The van der Waals surface area contributed by atoms with Crippen LogP contribution < -0.4 is 5.32 Å². The number of anilines is 1. The highest BCUT2D eigenvalue weighted by atomic mass is 19.4. The second-order valence-corrected chi connectivity index (χ2v) is 6.67. The fourth-order valence-electron chi connectivity index (χ4n) is 3.07. The number of likely N-dealkylation sites (tertiary alicyclic amines) is 1. The molecule has 0 radical (unpaired) electrons. The Balaban J connectivity index is 1.70. The van der Waals surface area contributed by atoms with Gasteiger partial charge in [0.25, 0.3) is 11.8 Å². The van der Waals surface area contributed by atoms with Crippen molar-refractivity contribution in [1.29, 1.82) is 0 Å². The molecule has 0 atom stereocenters. The summed E-state index contributed by atoms with van der Waals surface area (Å²) in [6.07, 6.45) is 1.02. The Kier molecular flexibility index (Phi) is 5.96. The van der Waals surface area contributed by atoms with Gasteiger partial charge in [-0.15, -0.1) is 0 Å². The van der Waals surface area contributed by atoms with E-state index in [1.165, 1.54) is 30.5 Å². The van der Waals surface area contributed by atoms with Crippen molar-refractivity contribution in [2.45, 2.75) is 31.9 Å². The number of benzene rings is 1. The maximum atomic E-state index is 12.6. The molecule has 2 aromatic rings. The summed E-state index contributed by atoms with van der Waals surface area (Å²) < 4.78 is 37.8. The minimum atomic E-state index is -4.43. The van der Waals surface area contributed by atoms with Crippen molar-refractivity contribution in [2.24, 2.45) is 0 Å². The molecule has 1 fully saturated rings. The lowest BCUT2D eigenvalue weighted by Gasteiger charge is -2.19. The van der Waals surface area contributed by atoms with E-state index in [4.69, 9.17) is 0 Å². The van der Waals surface area contributed by atoms with Crippen LogP contribution in [-0.4, -0.2) is 34.8 Å². The van der Waals surface area contributed by atoms with Gasteiger partial charge in [-0.25, -0.2) is 0 Å². The van der Waals surface area contributed by atoms with E-state index in [9.17, 15) is 22.8 Å². The first-order valence-corrected chi connectivity index (χ1v) is 9.08. The Bertz CT molecular complexity index is 843. The van der Waals surface area contributed by atoms with E-state index >= 15 is 0 Å². The molecule has 0 bridgehead atoms. The van der Waals surface area contributed by atoms with E-state index in [2.05, 4.69) is 10.3 Å². The summed E-state index contributed by atoms with van der Waals surface area (Å²) in [5.74, 6) is -0.738. The maximum absolute atomic E-state index is 12.6. The molecule has 148 valence electrons. The Morgan fingerprint density at radius 1 is 0.964 bits per heavy atom. The van der Waals surface area contributed by atoms with Gasteiger partial charge in [0.05, 0.1) is 5.56 Å². The van der Waals surface area contributed by atoms with E-state index in [1.807, 2.05) is 0 Å². The topological polar surface area (TPSA) is 62.3 Å². The summed E-state index contributed by atoms with van der Waals surface area (Å²) in [6, 6.07) is 7.04. The third-order valence-corrected chi connectivity index (χ3v) is 4.60. The lowest BCUT2D eigenvalue weighted by Crippen LogP contribution is -2.32. The third kappa shape index (κ3) is 4.88. The van der Waals surface area contributed by atoms with Gasteiger partial charge in [-0.05, 0) is 49.2 Å². The molecule has 28 heavy (non-hydrogen) atoms. The van der Waals surface area contributed by atoms with Crippen molar-refractivity contribution in [3.63, 3.8) is 0 Å². The highest BCUT2D eigenvalue weighted by molar-refractivity contribution is 6.05. The van der Waals surface area contributed by atoms with Crippen LogP contribution >= 0.6 is 0 Å². The molecule has 2 amide bonds. The number of carbonyl (C=O) groups excluding carboxylic acids is 2. The van der Waals surface area contributed by atoms with Crippen LogP contribution in [0.3, 0.4) is 0 Å². The summed E-state index contributed by atoms with van der Waals surface area (Å²) in [5.41, 5.74) is -0.162. The maximum Gasteiger partial charge on any atom is 0.416 e. The van der Waals surface area contributed by atoms with Crippen LogP contribution in [-0.2, 0) is 6.18 Å². The first-order valence-electron chi connectivity index (χ1n) is 9.08. The van der Waals surface area contributed by atoms with Crippen LogP contribution in [0.5, 0.6) is 0 Å². The SMILES string of the molecule is O=C(Nc1ccc(C(F)(F)F)cc1)c1ccnc(C(=O)N2CCCCCC2)c1. The van der Waals surface area contributed by atoms with Crippen LogP contribution in [0.4, 0.5) is 18.9 Å². The summed E-state index contributed by atoms with van der Waals surface area (Å²) in [6.45, 7) is 1.34. The molecule has 2 heterocycles. The van der Waals surface area contributed by atoms with Gasteiger partial charge in [0.1, 0.15) is 5.69 Å². The van der Waals surface area contributed by atoms with Gasteiger partial charge in [-0.2, -0.15) is 13.2 Å². The number of hydrogen-bond acceptors (Lipinski definition) is 3. The monoisotopic (exact) mass is 391 g/mol. The number of alkyl halides is 3. The smallest absolute Gasteiger partial charge is 0.337 e. The highest BCUT2D eigenvalue weighted by Crippen LogP contribution is 2.29. The molecule has 0 spiro atoms. The standard InChI is InChI=1S/C20H20F3N3O2/c21-20(22,23)15-5-7-16(8-6-15)25-18(27)14-9-10-24-17(13-14)19(28)26-11-3-1-2-4-12-26/h5-10,13H,1-4,11-12H2,(H,25,27). The lowest BCUT2D eigenvalue weighted by molar-refractivity contribution is -0.137. The van der Waals surface area contributed by atoms with Gasteiger partial charge in [0.15, 0.2) is 0 Å². The largest absolute Gasteiger partial charge is 0.416 e. The number of amides is 2. The minimum Gasteiger partial charge on any atom is -0.337 e. The zero-order valence-electron chi connectivity index (χ0n) is 15.1. The van der Waals surface area contributed by atoms with Gasteiger partial charge in [0, 0.05) is 30.5 Å². The summed E-state index contributed by atoms with van der Waals surface area (Å²) in [5, 5.41) is 2.53.